The third-order valence-corrected chi connectivity index (χ3v) is 4.42. The average Bonchev–Trinajstić information content (AvgIpc) is 3.04. The van der Waals surface area contributed by atoms with Crippen molar-refractivity contribution >= 4 is 51.7 Å². The molecule has 2 aromatic carbocycles. The fraction of sp³-hybridized carbons (Fsp3) is 0.118. The van der Waals surface area contributed by atoms with Crippen molar-refractivity contribution in [2.45, 2.75) is 17.2 Å². The van der Waals surface area contributed by atoms with E-state index in [9.17, 15) is 13.6 Å². The standard InChI is InChI=1S/C17H15F2N5OS2/c18-16(19)27-12-7-5-11(6-8-12)21-17(26)23-22-15(25)9-24-10-20-13-3-1-2-4-14(13)24/h1-8,10,16H,9H2,(H,22,25)(H2,21,23,26). The molecule has 1 aromatic heterocycles. The van der Waals surface area contributed by atoms with E-state index in [1.165, 1.54) is 0 Å². The molecule has 3 rings (SSSR count). The number of hydrogen-bond acceptors (Lipinski definition) is 4. The molecule has 0 saturated heterocycles. The monoisotopic (exact) mass is 407 g/mol. The lowest BCUT2D eigenvalue weighted by Gasteiger charge is -2.12. The molecule has 10 heteroatoms. The molecule has 6 nitrogen and oxygen atoms in total. The molecule has 0 radical (unpaired) electrons. The molecule has 3 aromatic rings. The number of nitrogens with one attached hydrogen (secondary N) is 3. The Hall–Kier alpha value is -2.72. The SMILES string of the molecule is O=C(Cn1cnc2ccccc21)NNC(=S)Nc1ccc(SC(F)F)cc1. The van der Waals surface area contributed by atoms with Crippen LogP contribution in [0.4, 0.5) is 14.5 Å². The summed E-state index contributed by atoms with van der Waals surface area (Å²) in [5.41, 5.74) is 7.38. The number of fused-ring (bicyclic) bond motifs is 1. The number of carbonyl (C=O) groups is 1. The second-order valence-electron chi connectivity index (χ2n) is 5.39. The molecule has 0 bridgehead atoms. The Balaban J connectivity index is 1.48. The van der Waals surface area contributed by atoms with Gasteiger partial charge in [0.1, 0.15) is 6.54 Å². The van der Waals surface area contributed by atoms with Gasteiger partial charge in [-0.15, -0.1) is 0 Å². The van der Waals surface area contributed by atoms with Gasteiger partial charge in [0.15, 0.2) is 5.11 Å². The molecular weight excluding hydrogens is 392 g/mol. The third-order valence-electron chi connectivity index (χ3n) is 3.49. The van der Waals surface area contributed by atoms with Crippen LogP contribution in [-0.2, 0) is 11.3 Å². The summed E-state index contributed by atoms with van der Waals surface area (Å²) in [4.78, 5) is 16.8. The number of para-hydroxylation sites is 2. The first-order valence-electron chi connectivity index (χ1n) is 7.82. The maximum Gasteiger partial charge on any atom is 0.288 e. The fourth-order valence-electron chi connectivity index (χ4n) is 2.34. The van der Waals surface area contributed by atoms with E-state index in [-0.39, 0.29) is 17.6 Å². The van der Waals surface area contributed by atoms with Gasteiger partial charge >= 0.3 is 0 Å². The van der Waals surface area contributed by atoms with E-state index in [0.717, 1.165) is 11.0 Å². The molecule has 0 fully saturated rings. The summed E-state index contributed by atoms with van der Waals surface area (Å²) >= 11 is 5.57. The lowest BCUT2D eigenvalue weighted by Crippen LogP contribution is -2.45. The van der Waals surface area contributed by atoms with E-state index in [2.05, 4.69) is 21.2 Å². The molecule has 0 spiro atoms. The van der Waals surface area contributed by atoms with Gasteiger partial charge in [-0.25, -0.2) is 4.98 Å². The summed E-state index contributed by atoms with van der Waals surface area (Å²) in [5.74, 6) is -2.76. The molecule has 1 heterocycles. The number of hydrogen-bond donors (Lipinski definition) is 3. The van der Waals surface area contributed by atoms with Gasteiger partial charge in [0.05, 0.1) is 17.4 Å². The first-order chi connectivity index (χ1) is 13.0. The maximum absolute atomic E-state index is 12.3. The zero-order valence-corrected chi connectivity index (χ0v) is 15.5. The van der Waals surface area contributed by atoms with Gasteiger partial charge in [-0.05, 0) is 48.6 Å². The number of imidazole rings is 1. The number of anilines is 1. The predicted octanol–water partition coefficient (Wildman–Crippen LogP) is 3.37. The van der Waals surface area contributed by atoms with Crippen molar-refractivity contribution < 1.29 is 13.6 Å². The smallest absolute Gasteiger partial charge is 0.288 e. The molecule has 1 amide bonds. The maximum atomic E-state index is 12.3. The first kappa shape index (κ1) is 19.1. The van der Waals surface area contributed by atoms with Crippen LogP contribution in [-0.4, -0.2) is 26.3 Å². The molecule has 27 heavy (non-hydrogen) atoms. The van der Waals surface area contributed by atoms with Crippen molar-refractivity contribution in [3.05, 3.63) is 54.9 Å². The van der Waals surface area contributed by atoms with Gasteiger partial charge in [0.2, 0.25) is 0 Å². The molecule has 0 aliphatic rings. The summed E-state index contributed by atoms with van der Waals surface area (Å²) < 4.78 is 26.3. The number of amides is 1. The first-order valence-corrected chi connectivity index (χ1v) is 9.10. The molecule has 140 valence electrons. The minimum absolute atomic E-state index is 0.0790. The number of aromatic nitrogens is 2. The van der Waals surface area contributed by atoms with Gasteiger partial charge in [0, 0.05) is 10.6 Å². The molecule has 0 atom stereocenters. The normalized spacial score (nSPS) is 10.8. The Morgan fingerprint density at radius 2 is 1.89 bits per heavy atom. The van der Waals surface area contributed by atoms with Crippen LogP contribution in [0.5, 0.6) is 0 Å². The average molecular weight is 407 g/mol. The van der Waals surface area contributed by atoms with E-state index in [4.69, 9.17) is 12.2 Å². The number of thiocarbonyl (C=S) groups is 1. The van der Waals surface area contributed by atoms with Crippen molar-refractivity contribution in [3.63, 3.8) is 0 Å². The number of hydrazine groups is 1. The van der Waals surface area contributed by atoms with Crippen LogP contribution in [0.2, 0.25) is 0 Å². The van der Waals surface area contributed by atoms with Crippen LogP contribution in [0.25, 0.3) is 11.0 Å². The number of carbonyl (C=O) groups excluding carboxylic acids is 1. The van der Waals surface area contributed by atoms with Crippen LogP contribution in [0.1, 0.15) is 0 Å². The Kier molecular flexibility index (Phi) is 6.20. The highest BCUT2D eigenvalue weighted by Gasteiger charge is 2.08. The van der Waals surface area contributed by atoms with Crippen LogP contribution >= 0.6 is 24.0 Å². The van der Waals surface area contributed by atoms with Gasteiger partial charge in [-0.3, -0.25) is 15.6 Å². The molecular formula is C17H15F2N5OS2. The fourth-order valence-corrected chi connectivity index (χ4v) is 3.01. The third kappa shape index (κ3) is 5.38. The van der Waals surface area contributed by atoms with Crippen molar-refractivity contribution in [1.82, 2.24) is 20.4 Å². The zero-order valence-electron chi connectivity index (χ0n) is 13.9. The minimum atomic E-state index is -2.46. The van der Waals surface area contributed by atoms with Crippen LogP contribution in [0.3, 0.4) is 0 Å². The van der Waals surface area contributed by atoms with Crippen LogP contribution in [0.15, 0.2) is 59.8 Å². The number of benzene rings is 2. The second kappa shape index (κ2) is 8.78. The Morgan fingerprint density at radius 3 is 2.63 bits per heavy atom. The lowest BCUT2D eigenvalue weighted by atomic mass is 10.3. The lowest BCUT2D eigenvalue weighted by molar-refractivity contribution is -0.122. The Labute approximate surface area is 163 Å². The van der Waals surface area contributed by atoms with E-state index < -0.39 is 5.76 Å². The number of nitrogens with zero attached hydrogens (tertiary/aromatic N) is 2. The highest BCUT2D eigenvalue weighted by atomic mass is 32.2. The molecule has 0 aliphatic carbocycles. The van der Waals surface area contributed by atoms with Crippen molar-refractivity contribution in [3.8, 4) is 0 Å². The van der Waals surface area contributed by atoms with Gasteiger partial charge in [-0.1, -0.05) is 23.9 Å². The number of rotatable bonds is 5. The second-order valence-corrected chi connectivity index (χ2v) is 6.86. The number of halogens is 2. The molecule has 0 aliphatic heterocycles. The van der Waals surface area contributed by atoms with E-state index in [1.807, 2.05) is 24.3 Å². The summed E-state index contributed by atoms with van der Waals surface area (Å²) in [6.07, 6.45) is 1.60. The summed E-state index contributed by atoms with van der Waals surface area (Å²) in [7, 11) is 0. The Morgan fingerprint density at radius 1 is 1.15 bits per heavy atom. The van der Waals surface area contributed by atoms with Crippen molar-refractivity contribution in [2.75, 3.05) is 5.32 Å². The predicted molar refractivity (Wildman–Crippen MR) is 106 cm³/mol. The molecule has 0 unspecified atom stereocenters. The Bertz CT molecular complexity index is 946. The summed E-state index contributed by atoms with van der Waals surface area (Å²) in [6, 6.07) is 13.9. The molecule has 0 saturated carbocycles. The number of thioether (sulfide) groups is 1. The number of alkyl halides is 2. The van der Waals surface area contributed by atoms with Crippen LogP contribution < -0.4 is 16.2 Å². The summed E-state index contributed by atoms with van der Waals surface area (Å²) in [6.45, 7) is 0.0790. The van der Waals surface area contributed by atoms with E-state index in [1.54, 1.807) is 35.2 Å². The van der Waals surface area contributed by atoms with Crippen LogP contribution in [0, 0.1) is 0 Å². The van der Waals surface area contributed by atoms with Crippen molar-refractivity contribution in [2.24, 2.45) is 0 Å². The highest BCUT2D eigenvalue weighted by molar-refractivity contribution is 7.99. The largest absolute Gasteiger partial charge is 0.331 e. The zero-order chi connectivity index (χ0) is 19.2. The summed E-state index contributed by atoms with van der Waals surface area (Å²) in [5, 5.41) is 3.03. The van der Waals surface area contributed by atoms with E-state index >= 15 is 0 Å². The van der Waals surface area contributed by atoms with E-state index in [0.29, 0.717) is 22.3 Å². The van der Waals surface area contributed by atoms with Gasteiger partial charge < -0.3 is 9.88 Å². The topological polar surface area (TPSA) is 71.0 Å². The quantitative estimate of drug-likeness (QED) is 0.342. The minimum Gasteiger partial charge on any atom is -0.331 e. The van der Waals surface area contributed by atoms with Gasteiger partial charge in [0.25, 0.3) is 11.7 Å². The molecule has 3 N–H and O–H groups in total. The highest BCUT2D eigenvalue weighted by Crippen LogP contribution is 2.26. The van der Waals surface area contributed by atoms with Gasteiger partial charge in [-0.2, -0.15) is 8.78 Å². The van der Waals surface area contributed by atoms with Crippen molar-refractivity contribution in [1.29, 1.82) is 0 Å².